The van der Waals surface area contributed by atoms with Crippen molar-refractivity contribution in [3.63, 3.8) is 0 Å². The van der Waals surface area contributed by atoms with Crippen LogP contribution in [0.4, 0.5) is 13.2 Å². The number of aliphatic hydroxyl groups excluding tert-OH is 1. The van der Waals surface area contributed by atoms with Gasteiger partial charge in [-0.3, -0.25) is 0 Å². The molecule has 0 aliphatic rings. The Morgan fingerprint density at radius 3 is 2.25 bits per heavy atom. The summed E-state index contributed by atoms with van der Waals surface area (Å²) < 4.78 is 61.3. The van der Waals surface area contributed by atoms with Gasteiger partial charge in [0.1, 0.15) is 0 Å². The van der Waals surface area contributed by atoms with Crippen LogP contribution in [0, 0.1) is 0 Å². The largest absolute Gasteiger partial charge is 0.416 e. The molecule has 24 heavy (non-hydrogen) atoms. The highest BCUT2D eigenvalue weighted by Crippen LogP contribution is 2.30. The van der Waals surface area contributed by atoms with Crippen LogP contribution in [0.5, 0.6) is 0 Å². The number of benzene rings is 1. The van der Waals surface area contributed by atoms with Gasteiger partial charge in [0.2, 0.25) is 15.0 Å². The zero-order chi connectivity index (χ0) is 18.0. The van der Waals surface area contributed by atoms with Crippen molar-refractivity contribution in [3.05, 3.63) is 41.6 Å². The average molecular weight is 360 g/mol. The van der Waals surface area contributed by atoms with Crippen LogP contribution in [-0.4, -0.2) is 36.4 Å². The van der Waals surface area contributed by atoms with Crippen LogP contribution >= 0.6 is 0 Å². The molecule has 0 amide bonds. The van der Waals surface area contributed by atoms with Crippen molar-refractivity contribution >= 4 is 9.84 Å². The van der Waals surface area contributed by atoms with E-state index in [1.807, 2.05) is 0 Å². The first-order valence-corrected chi connectivity index (χ1v) is 8.87. The van der Waals surface area contributed by atoms with E-state index in [0.29, 0.717) is 24.1 Å². The number of hydrogen-bond donors (Lipinski definition) is 1. The van der Waals surface area contributed by atoms with Crippen LogP contribution in [0.25, 0.3) is 11.3 Å². The molecule has 0 spiro atoms. The van der Waals surface area contributed by atoms with E-state index in [0.717, 1.165) is 18.4 Å². The lowest BCUT2D eigenvalue weighted by Gasteiger charge is -2.09. The van der Waals surface area contributed by atoms with Crippen LogP contribution in [-0.2, 0) is 22.4 Å². The van der Waals surface area contributed by atoms with E-state index in [1.165, 1.54) is 18.2 Å². The van der Waals surface area contributed by atoms with E-state index in [4.69, 9.17) is 5.11 Å². The predicted octanol–water partition coefficient (Wildman–Crippen LogP) is 2.49. The number of rotatable bonds is 5. The lowest BCUT2D eigenvalue weighted by atomic mass is 10.1. The SMILES string of the molecule is CS(=O)(=O)c1nc(CCCO)cc(-c2ccc(C(F)(F)F)cc2)n1. The van der Waals surface area contributed by atoms with Crippen molar-refractivity contribution in [2.45, 2.75) is 24.2 Å². The molecule has 2 rings (SSSR count). The Kier molecular flexibility index (Phi) is 5.24. The summed E-state index contributed by atoms with van der Waals surface area (Å²) in [7, 11) is -3.68. The molecule has 0 radical (unpaired) electrons. The second-order valence-electron chi connectivity index (χ2n) is 5.20. The summed E-state index contributed by atoms with van der Waals surface area (Å²) in [5, 5.41) is 8.49. The molecule has 0 fully saturated rings. The summed E-state index contributed by atoms with van der Waals surface area (Å²) in [6.45, 7) is -0.0895. The van der Waals surface area contributed by atoms with Gasteiger partial charge in [-0.2, -0.15) is 13.2 Å². The summed E-state index contributed by atoms with van der Waals surface area (Å²) in [5.41, 5.74) is 0.158. The van der Waals surface area contributed by atoms with Crippen molar-refractivity contribution in [2.75, 3.05) is 12.9 Å². The third-order valence-electron chi connectivity index (χ3n) is 3.19. The molecule has 5 nitrogen and oxygen atoms in total. The van der Waals surface area contributed by atoms with Gasteiger partial charge < -0.3 is 5.11 Å². The van der Waals surface area contributed by atoms with Gasteiger partial charge in [-0.05, 0) is 31.0 Å². The normalized spacial score (nSPS) is 12.4. The molecular weight excluding hydrogens is 345 g/mol. The van der Waals surface area contributed by atoms with Crippen LogP contribution in [0.3, 0.4) is 0 Å². The molecule has 0 saturated carbocycles. The first kappa shape index (κ1) is 18.3. The summed E-state index contributed by atoms with van der Waals surface area (Å²) in [6.07, 6.45) is -2.79. The van der Waals surface area contributed by atoms with Gasteiger partial charge in [0, 0.05) is 24.1 Å². The highest BCUT2D eigenvalue weighted by Gasteiger charge is 2.30. The Labute approximate surface area is 137 Å². The fraction of sp³-hybridized carbons (Fsp3) is 0.333. The smallest absolute Gasteiger partial charge is 0.396 e. The molecule has 130 valence electrons. The van der Waals surface area contributed by atoms with E-state index in [2.05, 4.69) is 9.97 Å². The van der Waals surface area contributed by atoms with Gasteiger partial charge >= 0.3 is 6.18 Å². The molecule has 9 heteroatoms. The number of halogens is 3. The van der Waals surface area contributed by atoms with Gasteiger partial charge in [-0.15, -0.1) is 0 Å². The maximum atomic E-state index is 12.6. The molecule has 2 aromatic rings. The summed E-state index contributed by atoms with van der Waals surface area (Å²) in [4.78, 5) is 7.87. The van der Waals surface area contributed by atoms with Crippen LogP contribution in [0.1, 0.15) is 17.7 Å². The standard InChI is InChI=1S/C15H15F3N2O3S/c1-24(22,23)14-19-12(3-2-8-21)9-13(20-14)10-4-6-11(7-5-10)15(16,17)18/h4-7,9,21H,2-3,8H2,1H3. The van der Waals surface area contributed by atoms with Crippen molar-refractivity contribution in [3.8, 4) is 11.3 Å². The number of aromatic nitrogens is 2. The van der Waals surface area contributed by atoms with E-state index in [9.17, 15) is 21.6 Å². The monoisotopic (exact) mass is 360 g/mol. The molecule has 0 aliphatic carbocycles. The number of nitrogens with zero attached hydrogens (tertiary/aromatic N) is 2. The summed E-state index contributed by atoms with van der Waals surface area (Å²) in [6, 6.07) is 5.78. The second-order valence-corrected chi connectivity index (χ2v) is 7.11. The third kappa shape index (κ3) is 4.51. The van der Waals surface area contributed by atoms with E-state index >= 15 is 0 Å². The molecule has 1 N–H and O–H groups in total. The number of hydrogen-bond acceptors (Lipinski definition) is 5. The number of aliphatic hydroxyl groups is 1. The van der Waals surface area contributed by atoms with Crippen LogP contribution < -0.4 is 0 Å². The number of aryl methyl sites for hydroxylation is 1. The van der Waals surface area contributed by atoms with Crippen LogP contribution in [0.15, 0.2) is 35.5 Å². The van der Waals surface area contributed by atoms with Crippen molar-refractivity contribution < 1.29 is 26.7 Å². The Balaban J connectivity index is 2.48. The molecular formula is C15H15F3N2O3S. The van der Waals surface area contributed by atoms with Crippen molar-refractivity contribution in [1.82, 2.24) is 9.97 Å². The van der Waals surface area contributed by atoms with Gasteiger partial charge in [0.25, 0.3) is 0 Å². The minimum absolute atomic E-state index is 0.0895. The lowest BCUT2D eigenvalue weighted by molar-refractivity contribution is -0.137. The molecule has 0 bridgehead atoms. The topological polar surface area (TPSA) is 80.2 Å². The minimum atomic E-state index is -4.45. The Morgan fingerprint density at radius 2 is 1.75 bits per heavy atom. The highest BCUT2D eigenvalue weighted by molar-refractivity contribution is 7.90. The minimum Gasteiger partial charge on any atom is -0.396 e. The maximum absolute atomic E-state index is 12.6. The third-order valence-corrected chi connectivity index (χ3v) is 4.04. The van der Waals surface area contributed by atoms with Gasteiger partial charge in [-0.25, -0.2) is 18.4 Å². The van der Waals surface area contributed by atoms with E-state index in [1.54, 1.807) is 0 Å². The Hall–Kier alpha value is -2.00. The van der Waals surface area contributed by atoms with E-state index < -0.39 is 26.7 Å². The first-order valence-electron chi connectivity index (χ1n) is 6.98. The zero-order valence-electron chi connectivity index (χ0n) is 12.7. The van der Waals surface area contributed by atoms with Crippen molar-refractivity contribution in [1.29, 1.82) is 0 Å². The molecule has 0 saturated heterocycles. The fourth-order valence-electron chi connectivity index (χ4n) is 2.01. The Morgan fingerprint density at radius 1 is 1.12 bits per heavy atom. The van der Waals surface area contributed by atoms with Crippen LogP contribution in [0.2, 0.25) is 0 Å². The summed E-state index contributed by atoms with van der Waals surface area (Å²) >= 11 is 0. The summed E-state index contributed by atoms with van der Waals surface area (Å²) in [5.74, 6) is 0. The maximum Gasteiger partial charge on any atom is 0.416 e. The molecule has 1 aromatic carbocycles. The quantitative estimate of drug-likeness (QED) is 0.829. The number of alkyl halides is 3. The molecule has 0 atom stereocenters. The number of sulfone groups is 1. The molecule has 0 unspecified atom stereocenters. The fourth-order valence-corrected chi connectivity index (χ4v) is 2.55. The lowest BCUT2D eigenvalue weighted by Crippen LogP contribution is -2.08. The first-order chi connectivity index (χ1) is 11.1. The molecule has 0 aliphatic heterocycles. The van der Waals surface area contributed by atoms with Crippen molar-refractivity contribution in [2.24, 2.45) is 0 Å². The van der Waals surface area contributed by atoms with Gasteiger partial charge in [0.15, 0.2) is 0 Å². The van der Waals surface area contributed by atoms with Gasteiger partial charge in [-0.1, -0.05) is 12.1 Å². The second kappa shape index (κ2) is 6.86. The van der Waals surface area contributed by atoms with Gasteiger partial charge in [0.05, 0.1) is 11.3 Å². The Bertz CT molecular complexity index is 819. The average Bonchev–Trinajstić information content (AvgIpc) is 2.51. The predicted molar refractivity (Wildman–Crippen MR) is 81.0 cm³/mol. The highest BCUT2D eigenvalue weighted by atomic mass is 32.2. The van der Waals surface area contributed by atoms with E-state index in [-0.39, 0.29) is 12.3 Å². The zero-order valence-corrected chi connectivity index (χ0v) is 13.5. The molecule has 1 heterocycles. The molecule has 1 aromatic heterocycles.